The fourth-order valence-electron chi connectivity index (χ4n) is 3.80. The number of amides is 1. The third kappa shape index (κ3) is 5.04. The first kappa shape index (κ1) is 21.3. The molecule has 1 saturated heterocycles. The van der Waals surface area contributed by atoms with Crippen LogP contribution in [-0.4, -0.2) is 38.8 Å². The molecule has 0 radical (unpaired) electrons. The lowest BCUT2D eigenvalue weighted by atomic mass is 9.91. The number of aromatic nitrogens is 3. The molecular weight excluding hydrogens is 420 g/mol. The summed E-state index contributed by atoms with van der Waals surface area (Å²) < 4.78 is 27.4. The quantitative estimate of drug-likeness (QED) is 0.621. The van der Waals surface area contributed by atoms with Gasteiger partial charge in [-0.05, 0) is 51.2 Å². The minimum absolute atomic E-state index is 0.210. The number of nitrogens with zero attached hydrogens (tertiary/aromatic N) is 4. The second-order valence-electron chi connectivity index (χ2n) is 7.73. The number of hydrogen-bond acceptors (Lipinski definition) is 6. The van der Waals surface area contributed by atoms with E-state index in [0.717, 1.165) is 41.0 Å². The maximum absolute atomic E-state index is 14.0. The molecule has 1 aromatic carbocycles. The summed E-state index contributed by atoms with van der Waals surface area (Å²) in [6.07, 6.45) is 4.14. The molecule has 6 nitrogen and oxygen atoms in total. The molecule has 1 amide bonds. The molecule has 0 spiro atoms. The molecule has 31 heavy (non-hydrogen) atoms. The number of piperidine rings is 1. The van der Waals surface area contributed by atoms with Crippen molar-refractivity contribution in [2.75, 3.05) is 18.4 Å². The standard InChI is InChI=1S/C22H23F2N5OS/c1-13-12-25-22(31-13)28-19-11-16(26-14(2)27-19)10-15-6-8-29(9-7-15)21(30)17-4-3-5-18(23)20(17)24/h3-5,11-12,15H,6-10H2,1-2H3,(H,25,26,27,28). The number of thiazole rings is 1. The van der Waals surface area contributed by atoms with Gasteiger partial charge in [-0.1, -0.05) is 6.07 Å². The van der Waals surface area contributed by atoms with Crippen LogP contribution in [0.5, 0.6) is 0 Å². The molecule has 3 aromatic rings. The molecule has 0 aliphatic carbocycles. The Morgan fingerprint density at radius 3 is 2.71 bits per heavy atom. The van der Waals surface area contributed by atoms with Crippen LogP contribution in [-0.2, 0) is 6.42 Å². The predicted octanol–water partition coefficient (Wildman–Crippen LogP) is 4.67. The Morgan fingerprint density at radius 2 is 2.00 bits per heavy atom. The number of nitrogens with one attached hydrogen (secondary N) is 1. The molecule has 0 saturated carbocycles. The Morgan fingerprint density at radius 1 is 1.23 bits per heavy atom. The van der Waals surface area contributed by atoms with Gasteiger partial charge in [-0.2, -0.15) is 0 Å². The largest absolute Gasteiger partial charge is 0.339 e. The highest BCUT2D eigenvalue weighted by molar-refractivity contribution is 7.15. The van der Waals surface area contributed by atoms with Gasteiger partial charge in [0.2, 0.25) is 0 Å². The van der Waals surface area contributed by atoms with Gasteiger partial charge in [0.15, 0.2) is 16.8 Å². The first-order valence-electron chi connectivity index (χ1n) is 10.2. The number of hydrogen-bond donors (Lipinski definition) is 1. The molecule has 2 aromatic heterocycles. The van der Waals surface area contributed by atoms with Gasteiger partial charge in [0, 0.05) is 35.9 Å². The van der Waals surface area contributed by atoms with E-state index in [1.54, 1.807) is 16.2 Å². The van der Waals surface area contributed by atoms with Gasteiger partial charge < -0.3 is 10.2 Å². The van der Waals surface area contributed by atoms with Crippen molar-refractivity contribution in [2.45, 2.75) is 33.1 Å². The maximum Gasteiger partial charge on any atom is 0.256 e. The van der Waals surface area contributed by atoms with Crippen LogP contribution in [0.2, 0.25) is 0 Å². The molecule has 1 aliphatic rings. The van der Waals surface area contributed by atoms with E-state index < -0.39 is 17.5 Å². The van der Waals surface area contributed by atoms with Gasteiger partial charge in [0.05, 0.1) is 5.56 Å². The van der Waals surface area contributed by atoms with Crippen LogP contribution in [0, 0.1) is 31.4 Å². The van der Waals surface area contributed by atoms with Crippen LogP contribution in [0.1, 0.15) is 39.6 Å². The van der Waals surface area contributed by atoms with Gasteiger partial charge in [-0.3, -0.25) is 4.79 Å². The highest BCUT2D eigenvalue weighted by Gasteiger charge is 2.26. The second-order valence-corrected chi connectivity index (χ2v) is 8.97. The van der Waals surface area contributed by atoms with Crippen molar-refractivity contribution < 1.29 is 13.6 Å². The van der Waals surface area contributed by atoms with Gasteiger partial charge in [0.25, 0.3) is 5.91 Å². The molecular formula is C22H23F2N5OS. The van der Waals surface area contributed by atoms with Crippen LogP contribution in [0.3, 0.4) is 0 Å². The molecule has 3 heterocycles. The molecule has 0 bridgehead atoms. The number of halogens is 2. The van der Waals surface area contributed by atoms with E-state index >= 15 is 0 Å². The van der Waals surface area contributed by atoms with E-state index in [1.807, 2.05) is 26.1 Å². The van der Waals surface area contributed by atoms with Crippen LogP contribution >= 0.6 is 11.3 Å². The van der Waals surface area contributed by atoms with Crippen molar-refractivity contribution in [3.8, 4) is 0 Å². The summed E-state index contributed by atoms with van der Waals surface area (Å²) in [5.41, 5.74) is 0.724. The average molecular weight is 444 g/mol. The zero-order chi connectivity index (χ0) is 22.0. The zero-order valence-corrected chi connectivity index (χ0v) is 18.2. The van der Waals surface area contributed by atoms with Crippen molar-refractivity contribution in [3.05, 3.63) is 64.1 Å². The van der Waals surface area contributed by atoms with Crippen molar-refractivity contribution in [1.82, 2.24) is 19.9 Å². The lowest BCUT2D eigenvalue weighted by molar-refractivity contribution is 0.0684. The highest BCUT2D eigenvalue weighted by atomic mass is 32.1. The summed E-state index contributed by atoms with van der Waals surface area (Å²) >= 11 is 1.56. The van der Waals surface area contributed by atoms with E-state index in [4.69, 9.17) is 0 Å². The summed E-state index contributed by atoms with van der Waals surface area (Å²) in [6, 6.07) is 5.63. The topological polar surface area (TPSA) is 71.0 Å². The normalized spacial score (nSPS) is 14.6. The second kappa shape index (κ2) is 9.05. The van der Waals surface area contributed by atoms with Crippen LogP contribution in [0.25, 0.3) is 0 Å². The molecule has 1 aliphatic heterocycles. The lowest BCUT2D eigenvalue weighted by Crippen LogP contribution is -2.39. The van der Waals surface area contributed by atoms with E-state index in [9.17, 15) is 13.6 Å². The molecule has 162 valence electrons. The van der Waals surface area contributed by atoms with E-state index in [1.165, 1.54) is 12.1 Å². The first-order valence-corrected chi connectivity index (χ1v) is 11.0. The Kier molecular flexibility index (Phi) is 6.22. The molecule has 0 unspecified atom stereocenters. The van der Waals surface area contributed by atoms with Crippen molar-refractivity contribution in [3.63, 3.8) is 0 Å². The maximum atomic E-state index is 14.0. The number of benzene rings is 1. The van der Waals surface area contributed by atoms with Crippen LogP contribution in [0.15, 0.2) is 30.5 Å². The van der Waals surface area contributed by atoms with Crippen LogP contribution < -0.4 is 5.32 Å². The Bertz CT molecular complexity index is 1100. The molecule has 4 rings (SSSR count). The minimum atomic E-state index is -1.08. The van der Waals surface area contributed by atoms with Crippen molar-refractivity contribution in [2.24, 2.45) is 5.92 Å². The fourth-order valence-corrected chi connectivity index (χ4v) is 4.47. The smallest absolute Gasteiger partial charge is 0.256 e. The van der Waals surface area contributed by atoms with E-state index in [0.29, 0.717) is 30.6 Å². The number of rotatable bonds is 5. The molecule has 1 fully saturated rings. The first-order chi connectivity index (χ1) is 14.9. The van der Waals surface area contributed by atoms with Crippen molar-refractivity contribution >= 4 is 28.2 Å². The summed E-state index contributed by atoms with van der Waals surface area (Å²) in [6.45, 7) is 4.87. The predicted molar refractivity (Wildman–Crippen MR) is 116 cm³/mol. The van der Waals surface area contributed by atoms with Gasteiger partial charge >= 0.3 is 0 Å². The molecule has 0 atom stereocenters. The number of likely N-dealkylation sites (tertiary alicyclic amines) is 1. The summed E-state index contributed by atoms with van der Waals surface area (Å²) in [7, 11) is 0. The minimum Gasteiger partial charge on any atom is -0.339 e. The van der Waals surface area contributed by atoms with Gasteiger partial charge in [-0.25, -0.2) is 23.7 Å². The zero-order valence-electron chi connectivity index (χ0n) is 17.4. The molecule has 9 heteroatoms. The van der Waals surface area contributed by atoms with Gasteiger partial charge in [0.1, 0.15) is 11.6 Å². The monoisotopic (exact) mass is 443 g/mol. The molecule has 1 N–H and O–H groups in total. The van der Waals surface area contributed by atoms with E-state index in [2.05, 4.69) is 20.3 Å². The number of aryl methyl sites for hydroxylation is 2. The summed E-state index contributed by atoms with van der Waals surface area (Å²) in [5.74, 6) is -0.795. The fraction of sp³-hybridized carbons (Fsp3) is 0.364. The third-order valence-corrected chi connectivity index (χ3v) is 6.16. The number of carbonyl (C=O) groups is 1. The Labute approximate surface area is 183 Å². The Balaban J connectivity index is 1.37. The summed E-state index contributed by atoms with van der Waals surface area (Å²) in [4.78, 5) is 28.6. The summed E-state index contributed by atoms with van der Waals surface area (Å²) in [5, 5.41) is 4.02. The third-order valence-electron chi connectivity index (χ3n) is 5.33. The van der Waals surface area contributed by atoms with Gasteiger partial charge in [-0.15, -0.1) is 11.3 Å². The number of anilines is 2. The highest BCUT2D eigenvalue weighted by Crippen LogP contribution is 2.25. The average Bonchev–Trinajstić information content (AvgIpc) is 3.14. The number of carbonyl (C=O) groups excluding carboxylic acids is 1. The lowest BCUT2D eigenvalue weighted by Gasteiger charge is -2.32. The SMILES string of the molecule is Cc1nc(CC2CCN(C(=O)c3cccc(F)c3F)CC2)cc(Nc2ncc(C)s2)n1. The van der Waals surface area contributed by atoms with E-state index in [-0.39, 0.29) is 5.56 Å². The van der Waals surface area contributed by atoms with Crippen LogP contribution in [0.4, 0.5) is 19.7 Å². The Hall–Kier alpha value is -2.94. The van der Waals surface area contributed by atoms with Crippen molar-refractivity contribution in [1.29, 1.82) is 0 Å².